The molecule has 14 N–H and O–H groups in total. The molecule has 5 aliphatic rings. The fourth-order valence-corrected chi connectivity index (χ4v) is 11.0. The topological polar surface area (TPSA) is 310 Å². The van der Waals surface area contributed by atoms with Crippen LogP contribution in [0.1, 0.15) is 55.8 Å². The van der Waals surface area contributed by atoms with Gasteiger partial charge in [0.05, 0.1) is 12.4 Å². The van der Waals surface area contributed by atoms with Gasteiger partial charge in [-0.25, -0.2) is 4.79 Å². The van der Waals surface area contributed by atoms with E-state index in [2.05, 4.69) is 20.9 Å². The second-order valence-electron chi connectivity index (χ2n) is 19.1. The van der Waals surface area contributed by atoms with Gasteiger partial charge in [-0.15, -0.1) is 0 Å². The molecule has 2 saturated heterocycles. The monoisotopic (exact) mass is 974 g/mol. The highest BCUT2D eigenvalue weighted by molar-refractivity contribution is 5.90. The average Bonchev–Trinajstić information content (AvgIpc) is 4.14. The number of aromatic amines is 1. The molecule has 10 rings (SSSR count). The molecule has 7 atom stereocenters. The van der Waals surface area contributed by atoms with E-state index in [0.29, 0.717) is 98.0 Å². The lowest BCUT2D eigenvalue weighted by molar-refractivity contribution is -0.344. The Morgan fingerprint density at radius 1 is 1.00 bits per heavy atom. The summed E-state index contributed by atoms with van der Waals surface area (Å²) >= 11 is 0. The van der Waals surface area contributed by atoms with Crippen molar-refractivity contribution in [2.75, 3.05) is 32.1 Å². The number of nitrogens with two attached hydrogens (primary N) is 2. The second-order valence-corrected chi connectivity index (χ2v) is 19.1. The minimum absolute atomic E-state index is 0.00242. The Hall–Kier alpha value is -7.00. The number of aliphatic hydroxyl groups excluding tert-OH is 1. The van der Waals surface area contributed by atoms with E-state index < -0.39 is 64.4 Å². The summed E-state index contributed by atoms with van der Waals surface area (Å²) in [5.74, 6) is -2.59. The number of aliphatic hydroxyl groups is 3. The van der Waals surface area contributed by atoms with Crippen molar-refractivity contribution < 1.29 is 58.8 Å². The van der Waals surface area contributed by atoms with Gasteiger partial charge in [0.15, 0.2) is 28.6 Å². The van der Waals surface area contributed by atoms with Crippen molar-refractivity contribution in [2.24, 2.45) is 11.7 Å². The molecule has 3 aliphatic heterocycles. The summed E-state index contributed by atoms with van der Waals surface area (Å²) in [5.41, 5.74) is 8.52. The maximum atomic E-state index is 14.2. The number of allylic oxidation sites excluding steroid dienone is 2. The number of ether oxygens (including phenoxy) is 4. The number of rotatable bonds is 15. The number of phenols is 2. The standard InChI is InChI=1S/C52H58N6O13/c1-2-27-18-31(21-33(59)19-27)50(13-3-4-14-50)71-45-39(23-38-42(44(45)61)36(60)22-37(68-38)29-5-8-34(9-6-29)67-16-12-32-7-10-40(53)58-32)69-49-51(65)24-30(17-28-11-15-56-41(54)20-28)43(35-25-55-26-57-35)52(66,48(51)64)46(70-49)47(62)63/h5-11,18-24,35,43,46,48-49,55-59,61,64-66H,2-4,12-17,25-26,53-54H2,1H3,(H,62,63)/t35-,43-,46-,48+,49-,51-,52-/m1/s1. The Morgan fingerprint density at radius 3 is 2.48 bits per heavy atom. The molecule has 2 aliphatic carbocycles. The number of carboxylic acids is 1. The van der Waals surface area contributed by atoms with E-state index in [0.717, 1.165) is 11.3 Å². The zero-order valence-corrected chi connectivity index (χ0v) is 38.9. The fourth-order valence-electron chi connectivity index (χ4n) is 11.0. The minimum Gasteiger partial charge on any atom is -0.508 e. The van der Waals surface area contributed by atoms with E-state index in [1.165, 1.54) is 18.2 Å². The molecule has 5 heterocycles. The van der Waals surface area contributed by atoms with Gasteiger partial charge < -0.3 is 81.1 Å². The van der Waals surface area contributed by atoms with E-state index in [9.17, 15) is 40.2 Å². The number of phenolic OH excluding ortho intramolecular Hbond substituents is 2. The van der Waals surface area contributed by atoms with Crippen molar-refractivity contribution in [1.82, 2.24) is 20.9 Å². The molecule has 0 spiro atoms. The van der Waals surface area contributed by atoms with E-state index in [1.807, 2.05) is 25.1 Å². The van der Waals surface area contributed by atoms with Crippen LogP contribution in [0, 0.1) is 5.92 Å². The predicted octanol–water partition coefficient (Wildman–Crippen LogP) is 3.62. The number of carboxylic acid groups (broad SMARTS) is 1. The molecule has 1 saturated carbocycles. The Morgan fingerprint density at radius 2 is 1.79 bits per heavy atom. The summed E-state index contributed by atoms with van der Waals surface area (Å²) in [4.78, 5) is 30.7. The second kappa shape index (κ2) is 18.6. The van der Waals surface area contributed by atoms with Gasteiger partial charge in [0, 0.05) is 61.5 Å². The Labute approximate surface area is 407 Å². The number of nitrogens with one attached hydrogen (secondary N) is 4. The van der Waals surface area contributed by atoms with Crippen LogP contribution in [0.4, 0.5) is 5.82 Å². The van der Waals surface area contributed by atoms with Crippen LogP contribution in [-0.2, 0) is 28.0 Å². The van der Waals surface area contributed by atoms with Gasteiger partial charge in [0.1, 0.15) is 51.4 Å². The van der Waals surface area contributed by atoms with Gasteiger partial charge >= 0.3 is 5.97 Å². The van der Waals surface area contributed by atoms with Crippen molar-refractivity contribution in [1.29, 1.82) is 0 Å². The van der Waals surface area contributed by atoms with Crippen molar-refractivity contribution in [3.05, 3.63) is 129 Å². The molecule has 0 radical (unpaired) electrons. The molecule has 19 heteroatoms. The van der Waals surface area contributed by atoms with Crippen molar-refractivity contribution in [2.45, 2.75) is 93.2 Å². The minimum atomic E-state index is -2.66. The Bertz CT molecular complexity index is 3010. The van der Waals surface area contributed by atoms with Gasteiger partial charge in [-0.3, -0.25) is 10.1 Å². The summed E-state index contributed by atoms with van der Waals surface area (Å²) < 4.78 is 31.9. The third kappa shape index (κ3) is 8.72. The van der Waals surface area contributed by atoms with Gasteiger partial charge in [-0.2, -0.15) is 0 Å². The van der Waals surface area contributed by atoms with Crippen molar-refractivity contribution in [3.63, 3.8) is 0 Å². The molecule has 71 heavy (non-hydrogen) atoms. The SMILES string of the molecule is CCc1cc(O)cc(C2(Oc3c(O[C@@H]4O[C@H](C(=O)O)[C@]5(O)[C@@H]([C@H]6CNCN6)C(CC6=CCNC(N)=C6)=C[C@@]4(O)[C@@H]5O)cc4oc(-c5ccc(OCCc6ccc(N)[nH]6)cc5)cc(=O)c4c3O)CCCC2)c1. The van der Waals surface area contributed by atoms with Gasteiger partial charge in [-0.1, -0.05) is 24.6 Å². The summed E-state index contributed by atoms with van der Waals surface area (Å²) in [7, 11) is 0. The van der Waals surface area contributed by atoms with E-state index in [1.54, 1.807) is 48.5 Å². The van der Waals surface area contributed by atoms with Gasteiger partial charge in [-0.05, 0) is 116 Å². The zero-order valence-electron chi connectivity index (χ0n) is 38.9. The first-order valence-electron chi connectivity index (χ1n) is 23.8. The quantitative estimate of drug-likeness (QED) is 0.0667. The molecule has 2 aromatic heterocycles. The van der Waals surface area contributed by atoms with Crippen molar-refractivity contribution >= 4 is 22.8 Å². The van der Waals surface area contributed by atoms with Crippen LogP contribution >= 0.6 is 0 Å². The van der Waals surface area contributed by atoms with Crippen LogP contribution < -0.4 is 47.1 Å². The Balaban J connectivity index is 1.09. The first kappa shape index (κ1) is 47.7. The number of dihydropyridines is 1. The molecular formula is C52H58N6O13. The first-order valence-corrected chi connectivity index (χ1v) is 23.8. The lowest BCUT2D eigenvalue weighted by Gasteiger charge is -2.58. The summed E-state index contributed by atoms with van der Waals surface area (Å²) in [6.07, 6.45) is 1.88. The highest BCUT2D eigenvalue weighted by Gasteiger charge is 2.71. The largest absolute Gasteiger partial charge is 0.508 e. The highest BCUT2D eigenvalue weighted by atomic mass is 16.7. The van der Waals surface area contributed by atoms with Gasteiger partial charge in [0.25, 0.3) is 0 Å². The molecular weight excluding hydrogens is 917 g/mol. The number of benzene rings is 3. The molecule has 3 aromatic carbocycles. The summed E-state index contributed by atoms with van der Waals surface area (Å²) in [6, 6.07) is 17.5. The number of H-pyrrole nitrogens is 1. The number of fused-ring (bicyclic) bond motifs is 3. The molecule has 5 aromatic rings. The smallest absolute Gasteiger partial charge is 0.336 e. The van der Waals surface area contributed by atoms with E-state index in [-0.39, 0.29) is 46.9 Å². The van der Waals surface area contributed by atoms with Crippen molar-refractivity contribution in [3.8, 4) is 40.1 Å². The number of aromatic nitrogens is 1. The lowest BCUT2D eigenvalue weighted by Crippen LogP contribution is -2.79. The maximum Gasteiger partial charge on any atom is 0.336 e. The lowest BCUT2D eigenvalue weighted by atomic mass is 9.59. The van der Waals surface area contributed by atoms with Crippen LogP contribution in [0.15, 0.2) is 111 Å². The number of carbonyl (C=O) groups is 1. The number of hydrogen-bond donors (Lipinski definition) is 12. The third-order valence-corrected chi connectivity index (χ3v) is 14.5. The zero-order chi connectivity index (χ0) is 49.8. The van der Waals surface area contributed by atoms with E-state index in [4.69, 9.17) is 34.8 Å². The number of aryl methyl sites for hydroxylation is 1. The first-order chi connectivity index (χ1) is 34.1. The van der Waals surface area contributed by atoms with Crippen LogP contribution in [-0.4, -0.2) is 104 Å². The fraction of sp³-hybridized carbons (Fsp3) is 0.385. The van der Waals surface area contributed by atoms with Gasteiger partial charge in [0.2, 0.25) is 12.0 Å². The maximum absolute atomic E-state index is 14.2. The predicted molar refractivity (Wildman–Crippen MR) is 259 cm³/mol. The molecule has 374 valence electrons. The number of aliphatic carboxylic acids is 1. The molecule has 0 amide bonds. The average molecular weight is 975 g/mol. The summed E-state index contributed by atoms with van der Waals surface area (Å²) in [5, 5.41) is 81.2. The normalized spacial score (nSPS) is 26.8. The number of anilines is 1. The van der Waals surface area contributed by atoms with Crippen LogP contribution in [0.25, 0.3) is 22.3 Å². The molecule has 3 fully saturated rings. The third-order valence-electron chi connectivity index (χ3n) is 14.5. The molecule has 19 nitrogen and oxygen atoms in total. The summed E-state index contributed by atoms with van der Waals surface area (Å²) in [6.45, 7) is 3.31. The molecule has 0 unspecified atom stereocenters. The highest BCUT2D eigenvalue weighted by Crippen LogP contribution is 2.55. The number of hydrogen-bond acceptors (Lipinski definition) is 17. The Kier molecular flexibility index (Phi) is 12.5. The number of nitrogen functional groups attached to an aromatic ring is 1. The number of aromatic hydroxyl groups is 2. The van der Waals surface area contributed by atoms with Crippen LogP contribution in [0.3, 0.4) is 0 Å². The van der Waals surface area contributed by atoms with Crippen LogP contribution in [0.2, 0.25) is 0 Å². The van der Waals surface area contributed by atoms with Crippen LogP contribution in [0.5, 0.6) is 28.7 Å². The van der Waals surface area contributed by atoms with E-state index >= 15 is 0 Å². The molecule has 2 bridgehead atoms.